The van der Waals surface area contributed by atoms with E-state index in [4.69, 9.17) is 14.6 Å². The van der Waals surface area contributed by atoms with Crippen LogP contribution in [0.1, 0.15) is 10.4 Å². The van der Waals surface area contributed by atoms with E-state index in [0.717, 1.165) is 5.69 Å². The van der Waals surface area contributed by atoms with Crippen molar-refractivity contribution in [3.8, 4) is 28.4 Å². The molecule has 2 aromatic carbocycles. The fraction of sp³-hybridized carbons (Fsp3) is 0.273. The lowest BCUT2D eigenvalue weighted by atomic mass is 10.1. The third kappa shape index (κ3) is 3.95. The third-order valence-electron chi connectivity index (χ3n) is 5.09. The molecular formula is C22H23N3O4S. The Kier molecular flexibility index (Phi) is 5.85. The average Bonchev–Trinajstić information content (AvgIpc) is 3.24. The molecule has 0 spiro atoms. The normalized spacial score (nSPS) is 14.5. The predicted molar refractivity (Wildman–Crippen MR) is 116 cm³/mol. The minimum Gasteiger partial charge on any atom is -0.497 e. The van der Waals surface area contributed by atoms with Crippen molar-refractivity contribution in [3.63, 3.8) is 0 Å². The topological polar surface area (TPSA) is 73.7 Å². The second-order valence-corrected chi connectivity index (χ2v) is 8.57. The smallest absolute Gasteiger partial charge is 0.257 e. The Balaban J connectivity index is 1.84. The summed E-state index contributed by atoms with van der Waals surface area (Å²) in [6.07, 6.45) is 1.75. The van der Waals surface area contributed by atoms with Gasteiger partial charge in [-0.2, -0.15) is 5.10 Å². The molecule has 1 amide bonds. The Bertz CT molecular complexity index is 1070. The van der Waals surface area contributed by atoms with Crippen molar-refractivity contribution >= 4 is 16.7 Å². The molecule has 0 unspecified atom stereocenters. The number of hydrogen-bond donors (Lipinski definition) is 0. The molecule has 8 heteroatoms. The van der Waals surface area contributed by atoms with Crippen LogP contribution < -0.4 is 9.47 Å². The second kappa shape index (κ2) is 8.71. The van der Waals surface area contributed by atoms with E-state index in [0.29, 0.717) is 52.9 Å². The molecule has 1 saturated heterocycles. The van der Waals surface area contributed by atoms with Crippen LogP contribution in [0.15, 0.2) is 54.7 Å². The van der Waals surface area contributed by atoms with Gasteiger partial charge in [-0.15, -0.1) is 0 Å². The van der Waals surface area contributed by atoms with Gasteiger partial charge < -0.3 is 14.4 Å². The molecule has 0 radical (unpaired) electrons. The van der Waals surface area contributed by atoms with E-state index in [1.807, 2.05) is 36.4 Å². The van der Waals surface area contributed by atoms with Gasteiger partial charge in [-0.1, -0.05) is 18.2 Å². The van der Waals surface area contributed by atoms with Crippen molar-refractivity contribution in [1.82, 2.24) is 14.7 Å². The summed E-state index contributed by atoms with van der Waals surface area (Å²) >= 11 is 0. The summed E-state index contributed by atoms with van der Waals surface area (Å²) in [6.45, 7) is 0.938. The van der Waals surface area contributed by atoms with Gasteiger partial charge in [0.15, 0.2) is 0 Å². The number of carbonyl (C=O) groups excluding carboxylic acids is 1. The van der Waals surface area contributed by atoms with Crippen LogP contribution in [-0.2, 0) is 10.8 Å². The lowest BCUT2D eigenvalue weighted by molar-refractivity contribution is 0.0772. The maximum atomic E-state index is 13.4. The first-order valence-electron chi connectivity index (χ1n) is 9.62. The van der Waals surface area contributed by atoms with Gasteiger partial charge in [-0.25, -0.2) is 4.68 Å². The number of carbonyl (C=O) groups is 1. The van der Waals surface area contributed by atoms with Crippen molar-refractivity contribution < 1.29 is 18.5 Å². The molecule has 30 heavy (non-hydrogen) atoms. The molecule has 4 rings (SSSR count). The molecule has 0 saturated carbocycles. The molecule has 156 valence electrons. The van der Waals surface area contributed by atoms with Gasteiger partial charge in [0.2, 0.25) is 0 Å². The van der Waals surface area contributed by atoms with Crippen molar-refractivity contribution in [2.75, 3.05) is 38.8 Å². The molecular weight excluding hydrogens is 402 g/mol. The highest BCUT2D eigenvalue weighted by atomic mass is 32.2. The number of nitrogens with zero attached hydrogens (tertiary/aromatic N) is 3. The van der Waals surface area contributed by atoms with Crippen LogP contribution in [0.25, 0.3) is 16.9 Å². The van der Waals surface area contributed by atoms with E-state index in [1.54, 1.807) is 42.1 Å². The maximum Gasteiger partial charge on any atom is 0.257 e. The molecule has 0 bridgehead atoms. The number of ether oxygens (including phenoxy) is 2. The van der Waals surface area contributed by atoms with Gasteiger partial charge in [0.05, 0.1) is 25.5 Å². The summed E-state index contributed by atoms with van der Waals surface area (Å²) in [7, 11) is 2.32. The minimum atomic E-state index is -0.860. The number of methoxy groups -OCH3 is 2. The first-order valence-corrected chi connectivity index (χ1v) is 11.1. The summed E-state index contributed by atoms with van der Waals surface area (Å²) in [4.78, 5) is 15.1. The summed E-state index contributed by atoms with van der Waals surface area (Å²) in [6, 6.07) is 15.0. The van der Waals surface area contributed by atoms with E-state index < -0.39 is 10.8 Å². The summed E-state index contributed by atoms with van der Waals surface area (Å²) in [5.41, 5.74) is 2.51. The third-order valence-corrected chi connectivity index (χ3v) is 6.37. The fourth-order valence-corrected chi connectivity index (χ4v) is 4.50. The predicted octanol–water partition coefficient (Wildman–Crippen LogP) is 2.76. The minimum absolute atomic E-state index is 0.131. The highest BCUT2D eigenvalue weighted by Gasteiger charge is 2.27. The largest absolute Gasteiger partial charge is 0.497 e. The highest BCUT2D eigenvalue weighted by molar-refractivity contribution is 7.85. The van der Waals surface area contributed by atoms with E-state index in [1.165, 1.54) is 0 Å². The monoisotopic (exact) mass is 425 g/mol. The zero-order valence-electron chi connectivity index (χ0n) is 16.9. The quantitative estimate of drug-likeness (QED) is 0.629. The molecule has 1 aliphatic rings. The van der Waals surface area contributed by atoms with E-state index in [-0.39, 0.29) is 5.91 Å². The number of rotatable bonds is 5. The molecule has 7 nitrogen and oxygen atoms in total. The van der Waals surface area contributed by atoms with E-state index in [9.17, 15) is 9.00 Å². The van der Waals surface area contributed by atoms with Gasteiger partial charge in [0.1, 0.15) is 17.2 Å². The van der Waals surface area contributed by atoms with Crippen LogP contribution in [0.2, 0.25) is 0 Å². The SMILES string of the molecule is COc1ccc(OC)c(-c2nn(-c3ccccc3)cc2C(=O)N2CCS(=O)CC2)c1. The summed E-state index contributed by atoms with van der Waals surface area (Å²) < 4.78 is 24.3. The van der Waals surface area contributed by atoms with Gasteiger partial charge in [0.25, 0.3) is 5.91 Å². The number of benzene rings is 2. The Labute approximate surface area is 177 Å². The lowest BCUT2D eigenvalue weighted by Gasteiger charge is -2.26. The first kappa shape index (κ1) is 20.2. The number of amides is 1. The van der Waals surface area contributed by atoms with Crippen LogP contribution in [0, 0.1) is 0 Å². The Morgan fingerprint density at radius 2 is 1.77 bits per heavy atom. The molecule has 2 heterocycles. The number of para-hydroxylation sites is 1. The van der Waals surface area contributed by atoms with Crippen molar-refractivity contribution in [2.24, 2.45) is 0 Å². The van der Waals surface area contributed by atoms with Gasteiger partial charge in [-0.3, -0.25) is 9.00 Å². The van der Waals surface area contributed by atoms with Gasteiger partial charge in [0, 0.05) is 47.2 Å². The molecule has 3 aromatic rings. The molecule has 0 N–H and O–H groups in total. The highest BCUT2D eigenvalue weighted by Crippen LogP contribution is 2.35. The van der Waals surface area contributed by atoms with Crippen LogP contribution in [0.3, 0.4) is 0 Å². The number of aromatic nitrogens is 2. The molecule has 0 atom stereocenters. The lowest BCUT2D eigenvalue weighted by Crippen LogP contribution is -2.41. The van der Waals surface area contributed by atoms with E-state index in [2.05, 4.69) is 0 Å². The van der Waals surface area contributed by atoms with Crippen molar-refractivity contribution in [2.45, 2.75) is 0 Å². The number of hydrogen-bond acceptors (Lipinski definition) is 5. The zero-order chi connectivity index (χ0) is 21.1. The van der Waals surface area contributed by atoms with Crippen LogP contribution in [-0.4, -0.2) is 63.6 Å². The van der Waals surface area contributed by atoms with Crippen molar-refractivity contribution in [3.05, 3.63) is 60.3 Å². The van der Waals surface area contributed by atoms with Gasteiger partial charge >= 0.3 is 0 Å². The zero-order valence-corrected chi connectivity index (χ0v) is 17.7. The Hall–Kier alpha value is -3.13. The Morgan fingerprint density at radius 1 is 1.03 bits per heavy atom. The molecule has 1 fully saturated rings. The van der Waals surface area contributed by atoms with Gasteiger partial charge in [-0.05, 0) is 30.3 Å². The molecule has 1 aromatic heterocycles. The maximum absolute atomic E-state index is 13.4. The standard InChI is InChI=1S/C22H23N3O4S/c1-28-17-8-9-20(29-2)18(14-17)21-19(22(26)24-10-12-30(27)13-11-24)15-25(23-21)16-6-4-3-5-7-16/h3-9,14-15H,10-13H2,1-2H3. The Morgan fingerprint density at radius 3 is 2.43 bits per heavy atom. The molecule has 0 aliphatic carbocycles. The van der Waals surface area contributed by atoms with Crippen LogP contribution in [0.4, 0.5) is 0 Å². The summed E-state index contributed by atoms with van der Waals surface area (Å²) in [5.74, 6) is 2.11. The fourth-order valence-electron chi connectivity index (χ4n) is 3.45. The van der Waals surface area contributed by atoms with Crippen LogP contribution in [0.5, 0.6) is 11.5 Å². The average molecular weight is 426 g/mol. The van der Waals surface area contributed by atoms with Crippen molar-refractivity contribution in [1.29, 1.82) is 0 Å². The molecule has 1 aliphatic heterocycles. The second-order valence-electron chi connectivity index (χ2n) is 6.88. The first-order chi connectivity index (χ1) is 14.6. The van der Waals surface area contributed by atoms with E-state index >= 15 is 0 Å². The summed E-state index contributed by atoms with van der Waals surface area (Å²) in [5, 5.41) is 4.74. The van der Waals surface area contributed by atoms with Crippen LogP contribution >= 0.6 is 0 Å².